The summed E-state index contributed by atoms with van der Waals surface area (Å²) in [4.78, 5) is 47.1. The minimum atomic E-state index is -1.26. The van der Waals surface area contributed by atoms with Crippen LogP contribution in [0, 0.1) is 20.2 Å². The Morgan fingerprint density at radius 1 is 1.14 bits per heavy atom. The minimum absolute atomic E-state index is 0.0000530. The fourth-order valence-electron chi connectivity index (χ4n) is 1.87. The van der Waals surface area contributed by atoms with Gasteiger partial charge in [0.2, 0.25) is 6.29 Å². The molecule has 0 saturated carbocycles. The first kappa shape index (κ1) is 22.6. The lowest BCUT2D eigenvalue weighted by atomic mass is 10.1. The van der Waals surface area contributed by atoms with Gasteiger partial charge >= 0.3 is 12.1 Å². The largest absolute Gasteiger partial charge is 0.516 e. The summed E-state index contributed by atoms with van der Waals surface area (Å²) in [5.41, 5.74) is -0.182. The van der Waals surface area contributed by atoms with Gasteiger partial charge in [-0.25, -0.2) is 4.79 Å². The van der Waals surface area contributed by atoms with Crippen LogP contribution in [0.1, 0.15) is 26.2 Å². The van der Waals surface area contributed by atoms with Crippen molar-refractivity contribution < 1.29 is 43.8 Å². The van der Waals surface area contributed by atoms with Crippen LogP contribution in [0.15, 0.2) is 24.3 Å². The Bertz CT molecular complexity index is 692. The van der Waals surface area contributed by atoms with Crippen molar-refractivity contribution in [1.82, 2.24) is 0 Å². The van der Waals surface area contributed by atoms with E-state index < -0.39 is 41.1 Å². The summed E-state index contributed by atoms with van der Waals surface area (Å²) in [6.45, 7) is 0.769. The zero-order chi connectivity index (χ0) is 21.1. The Balaban J connectivity index is 2.27. The van der Waals surface area contributed by atoms with Crippen LogP contribution >= 0.6 is 0 Å². The molecule has 154 valence electrons. The Morgan fingerprint density at radius 3 is 2.36 bits per heavy atom. The third kappa shape index (κ3) is 9.28. The molecule has 1 N–H and O–H groups in total. The molecule has 0 amide bonds. The molecule has 0 spiro atoms. The summed E-state index contributed by atoms with van der Waals surface area (Å²) < 4.78 is 14.3. The van der Waals surface area contributed by atoms with Gasteiger partial charge in [-0.2, -0.15) is 0 Å². The van der Waals surface area contributed by atoms with Gasteiger partial charge in [0.1, 0.15) is 12.4 Å². The van der Waals surface area contributed by atoms with Gasteiger partial charge < -0.3 is 24.2 Å². The number of nitrogens with zero attached hydrogens (tertiary/aromatic N) is 2. The molecule has 28 heavy (non-hydrogen) atoms. The highest BCUT2D eigenvalue weighted by atomic mass is 17.0. The predicted octanol–water partition coefficient (Wildman–Crippen LogP) is 1.74. The quantitative estimate of drug-likeness (QED) is 0.187. The van der Waals surface area contributed by atoms with E-state index in [1.54, 1.807) is 0 Å². The Labute approximate surface area is 158 Å². The maximum Gasteiger partial charge on any atom is 0.516 e. The molecule has 0 aromatic heterocycles. The van der Waals surface area contributed by atoms with Crippen LogP contribution in [0.4, 0.5) is 10.5 Å². The van der Waals surface area contributed by atoms with Gasteiger partial charge in [0.05, 0.1) is 11.0 Å². The lowest BCUT2D eigenvalue weighted by Crippen LogP contribution is -2.24. The SMILES string of the molecule is CC(OC(=O)CCC[C@H](O)CO[N+](=O)[O-])OC(=O)Oc1ccc([N+](=O)[O-])cc1. The molecule has 0 aliphatic heterocycles. The van der Waals surface area contributed by atoms with E-state index in [4.69, 9.17) is 14.2 Å². The summed E-state index contributed by atoms with van der Waals surface area (Å²) in [6.07, 6.45) is -3.44. The molecule has 2 atom stereocenters. The number of rotatable bonds is 11. The maximum absolute atomic E-state index is 11.6. The summed E-state index contributed by atoms with van der Waals surface area (Å²) in [5, 5.41) is 28.9. The molecule has 1 unspecified atom stereocenters. The van der Waals surface area contributed by atoms with Crippen LogP contribution in [0.5, 0.6) is 5.75 Å². The third-order valence-corrected chi connectivity index (χ3v) is 3.10. The first-order valence-corrected chi connectivity index (χ1v) is 7.95. The van der Waals surface area contributed by atoms with Gasteiger partial charge in [-0.3, -0.25) is 14.9 Å². The van der Waals surface area contributed by atoms with Gasteiger partial charge in [0, 0.05) is 25.5 Å². The monoisotopic (exact) mass is 402 g/mol. The van der Waals surface area contributed by atoms with Crippen molar-refractivity contribution in [3.8, 4) is 5.75 Å². The molecule has 0 bridgehead atoms. The molecule has 0 aliphatic rings. The van der Waals surface area contributed by atoms with Crippen LogP contribution in [0.25, 0.3) is 0 Å². The zero-order valence-corrected chi connectivity index (χ0v) is 14.7. The maximum atomic E-state index is 11.6. The summed E-state index contributed by atoms with van der Waals surface area (Å²) in [6, 6.07) is 4.67. The number of aliphatic hydroxyl groups excluding tert-OH is 1. The van der Waals surface area contributed by atoms with Crippen LogP contribution in [-0.4, -0.2) is 46.2 Å². The first-order chi connectivity index (χ1) is 13.2. The Kier molecular flexibility index (Phi) is 9.09. The highest BCUT2D eigenvalue weighted by Gasteiger charge is 2.17. The number of hydrogen-bond donors (Lipinski definition) is 1. The van der Waals surface area contributed by atoms with E-state index in [1.807, 2.05) is 0 Å². The molecule has 1 aromatic carbocycles. The number of nitro groups is 1. The van der Waals surface area contributed by atoms with Crippen molar-refractivity contribution in [2.75, 3.05) is 6.61 Å². The number of non-ortho nitro benzene ring substituents is 1. The molecule has 1 aromatic rings. The molecule has 0 aliphatic carbocycles. The second-order valence-electron chi connectivity index (χ2n) is 5.34. The lowest BCUT2D eigenvalue weighted by molar-refractivity contribution is -0.759. The standard InChI is InChI=1S/C15H18N2O11/c1-10(26-14(19)4-2-3-12(18)9-25-17(23)24)27-15(20)28-13-7-5-11(6-8-13)16(21)22/h5-8,10,12,18H,2-4,9H2,1H3/t10?,12-/m0/s1. The van der Waals surface area contributed by atoms with E-state index >= 15 is 0 Å². The number of nitro benzene ring substituents is 1. The molecule has 13 heteroatoms. The molecule has 0 saturated heterocycles. The van der Waals surface area contributed by atoms with Gasteiger partial charge in [0.25, 0.3) is 10.8 Å². The molecular weight excluding hydrogens is 384 g/mol. The topological polar surface area (TPSA) is 178 Å². The number of carbonyl (C=O) groups is 2. The third-order valence-electron chi connectivity index (χ3n) is 3.10. The van der Waals surface area contributed by atoms with Crippen LogP contribution in [0.2, 0.25) is 0 Å². The molecule has 0 fully saturated rings. The zero-order valence-electron chi connectivity index (χ0n) is 14.7. The molecule has 0 radical (unpaired) electrons. The van der Waals surface area contributed by atoms with Crippen LogP contribution in [-0.2, 0) is 19.1 Å². The van der Waals surface area contributed by atoms with E-state index in [-0.39, 0.29) is 30.7 Å². The number of hydrogen-bond acceptors (Lipinski definition) is 11. The number of ether oxygens (including phenoxy) is 3. The van der Waals surface area contributed by atoms with Crippen molar-refractivity contribution in [1.29, 1.82) is 0 Å². The van der Waals surface area contributed by atoms with Gasteiger partial charge in [-0.05, 0) is 25.0 Å². The summed E-state index contributed by atoms with van der Waals surface area (Å²) in [5.74, 6) is -0.724. The summed E-state index contributed by atoms with van der Waals surface area (Å²) in [7, 11) is 0. The molecular formula is C15H18N2O11. The first-order valence-electron chi connectivity index (χ1n) is 7.95. The van der Waals surface area contributed by atoms with E-state index in [0.717, 1.165) is 12.1 Å². The van der Waals surface area contributed by atoms with Crippen molar-refractivity contribution in [2.24, 2.45) is 0 Å². The summed E-state index contributed by atoms with van der Waals surface area (Å²) >= 11 is 0. The highest BCUT2D eigenvalue weighted by molar-refractivity contribution is 5.70. The molecule has 1 rings (SSSR count). The minimum Gasteiger partial charge on any atom is -0.425 e. The van der Waals surface area contributed by atoms with E-state index in [2.05, 4.69) is 4.84 Å². The average Bonchev–Trinajstić information content (AvgIpc) is 2.60. The fraction of sp³-hybridized carbons (Fsp3) is 0.467. The number of benzene rings is 1. The van der Waals surface area contributed by atoms with Crippen molar-refractivity contribution >= 4 is 17.8 Å². The van der Waals surface area contributed by atoms with Crippen molar-refractivity contribution in [3.63, 3.8) is 0 Å². The van der Waals surface area contributed by atoms with Crippen LogP contribution < -0.4 is 4.74 Å². The van der Waals surface area contributed by atoms with Gasteiger partial charge in [-0.1, -0.05) is 0 Å². The van der Waals surface area contributed by atoms with Crippen molar-refractivity contribution in [2.45, 2.75) is 38.6 Å². The van der Waals surface area contributed by atoms with E-state index in [9.17, 15) is 34.9 Å². The second kappa shape index (κ2) is 11.3. The fourth-order valence-corrected chi connectivity index (χ4v) is 1.87. The molecule has 0 heterocycles. The van der Waals surface area contributed by atoms with Crippen LogP contribution in [0.3, 0.4) is 0 Å². The Hall–Kier alpha value is -3.48. The second-order valence-corrected chi connectivity index (χ2v) is 5.34. The highest BCUT2D eigenvalue weighted by Crippen LogP contribution is 2.18. The van der Waals surface area contributed by atoms with E-state index in [0.29, 0.717) is 0 Å². The van der Waals surface area contributed by atoms with E-state index in [1.165, 1.54) is 19.1 Å². The number of esters is 1. The smallest absolute Gasteiger partial charge is 0.425 e. The Morgan fingerprint density at radius 2 is 1.79 bits per heavy atom. The predicted molar refractivity (Wildman–Crippen MR) is 88.6 cm³/mol. The van der Waals surface area contributed by atoms with Gasteiger partial charge in [0.15, 0.2) is 0 Å². The number of carbonyl (C=O) groups excluding carboxylic acids is 2. The lowest BCUT2D eigenvalue weighted by Gasteiger charge is -2.14. The average molecular weight is 402 g/mol. The van der Waals surface area contributed by atoms with Crippen molar-refractivity contribution in [3.05, 3.63) is 44.5 Å². The number of aliphatic hydroxyl groups is 1. The normalized spacial score (nSPS) is 12.4. The molecule has 13 nitrogen and oxygen atoms in total. The van der Waals surface area contributed by atoms with Gasteiger partial charge in [-0.15, -0.1) is 10.1 Å².